The first kappa shape index (κ1) is 8.87. The normalized spacial score (nSPS) is 14.7. The number of fused-ring (bicyclic) bond motifs is 1. The summed E-state index contributed by atoms with van der Waals surface area (Å²) in [4.78, 5) is 14.8. The van der Waals surface area contributed by atoms with Gasteiger partial charge in [-0.1, -0.05) is 6.58 Å². The van der Waals surface area contributed by atoms with Gasteiger partial charge in [-0.15, -0.1) is 0 Å². The van der Waals surface area contributed by atoms with Crippen LogP contribution in [0.15, 0.2) is 23.8 Å². The molecule has 1 aliphatic heterocycles. The van der Waals surface area contributed by atoms with Gasteiger partial charge in [0.2, 0.25) is 0 Å². The van der Waals surface area contributed by atoms with Crippen LogP contribution < -0.4 is 0 Å². The predicted molar refractivity (Wildman–Crippen MR) is 55.5 cm³/mol. The van der Waals surface area contributed by atoms with E-state index in [1.165, 1.54) is 0 Å². The zero-order valence-electron chi connectivity index (χ0n) is 8.36. The van der Waals surface area contributed by atoms with Gasteiger partial charge in [0.1, 0.15) is 11.7 Å². The van der Waals surface area contributed by atoms with Crippen molar-refractivity contribution >= 4 is 11.7 Å². The van der Waals surface area contributed by atoms with Gasteiger partial charge in [0.25, 0.3) is 0 Å². The summed E-state index contributed by atoms with van der Waals surface area (Å²) in [5, 5.41) is 0. The predicted octanol–water partition coefficient (Wildman–Crippen LogP) is 1.45. The van der Waals surface area contributed by atoms with Gasteiger partial charge in [-0.3, -0.25) is 0 Å². The number of nitrogens with zero attached hydrogens (tertiary/aromatic N) is 4. The standard InChI is InChI=1S/C10H12N4/c1-4-9-13-10-8(6-14(9)3)5-11-7(2)12-10/h4-5H,1,6H2,2-3H3. The quantitative estimate of drug-likeness (QED) is 0.669. The average Bonchev–Trinajstić information content (AvgIpc) is 2.17. The van der Waals surface area contributed by atoms with E-state index in [1.807, 2.05) is 25.1 Å². The molecule has 0 bridgehead atoms. The van der Waals surface area contributed by atoms with Gasteiger partial charge in [0.05, 0.1) is 0 Å². The third-order valence-electron chi connectivity index (χ3n) is 2.16. The zero-order valence-corrected chi connectivity index (χ0v) is 8.36. The highest BCUT2D eigenvalue weighted by Crippen LogP contribution is 2.22. The molecule has 4 heteroatoms. The Bertz CT molecular complexity index is 409. The van der Waals surface area contributed by atoms with Gasteiger partial charge in [0, 0.05) is 25.4 Å². The molecule has 1 aromatic rings. The molecule has 0 saturated carbocycles. The summed E-state index contributed by atoms with van der Waals surface area (Å²) in [7, 11) is 1.98. The van der Waals surface area contributed by atoms with Crippen molar-refractivity contribution in [2.24, 2.45) is 4.99 Å². The van der Waals surface area contributed by atoms with Crippen molar-refractivity contribution in [3.05, 3.63) is 30.2 Å². The van der Waals surface area contributed by atoms with Crippen LogP contribution in [-0.4, -0.2) is 27.8 Å². The van der Waals surface area contributed by atoms with Gasteiger partial charge < -0.3 is 4.90 Å². The highest BCUT2D eigenvalue weighted by Gasteiger charge is 2.15. The summed E-state index contributed by atoms with van der Waals surface area (Å²) in [6.45, 7) is 6.37. The molecule has 0 radical (unpaired) electrons. The van der Waals surface area contributed by atoms with E-state index in [-0.39, 0.29) is 0 Å². The monoisotopic (exact) mass is 188 g/mol. The van der Waals surface area contributed by atoms with Crippen LogP contribution in [0.4, 0.5) is 5.82 Å². The fourth-order valence-corrected chi connectivity index (χ4v) is 1.42. The molecule has 2 rings (SSSR count). The van der Waals surface area contributed by atoms with Crippen molar-refractivity contribution in [2.75, 3.05) is 7.05 Å². The molecule has 0 saturated heterocycles. The molecule has 14 heavy (non-hydrogen) atoms. The number of rotatable bonds is 1. The number of aliphatic imine (C=N–C) groups is 1. The van der Waals surface area contributed by atoms with Gasteiger partial charge in [0.15, 0.2) is 5.82 Å². The van der Waals surface area contributed by atoms with Gasteiger partial charge in [-0.05, 0) is 13.0 Å². The van der Waals surface area contributed by atoms with Crippen molar-refractivity contribution in [1.29, 1.82) is 0 Å². The number of hydrogen-bond donors (Lipinski definition) is 0. The van der Waals surface area contributed by atoms with Crippen molar-refractivity contribution in [3.63, 3.8) is 0 Å². The molecule has 0 fully saturated rings. The fraction of sp³-hybridized carbons (Fsp3) is 0.300. The molecule has 0 amide bonds. The Hall–Kier alpha value is -1.71. The second-order valence-electron chi connectivity index (χ2n) is 3.30. The van der Waals surface area contributed by atoms with E-state index < -0.39 is 0 Å². The first-order chi connectivity index (χ1) is 6.70. The SMILES string of the molecule is C=CC1=Nc2nc(C)ncc2CN1C. The number of amidine groups is 1. The third kappa shape index (κ3) is 1.39. The van der Waals surface area contributed by atoms with E-state index in [2.05, 4.69) is 21.5 Å². The van der Waals surface area contributed by atoms with Crippen LogP contribution in [0.3, 0.4) is 0 Å². The highest BCUT2D eigenvalue weighted by molar-refractivity contribution is 5.95. The lowest BCUT2D eigenvalue weighted by atomic mass is 10.2. The minimum atomic E-state index is 0.750. The van der Waals surface area contributed by atoms with Crippen LogP contribution in [0.1, 0.15) is 11.4 Å². The van der Waals surface area contributed by atoms with Crippen molar-refractivity contribution in [2.45, 2.75) is 13.5 Å². The van der Waals surface area contributed by atoms with Crippen LogP contribution in [0.2, 0.25) is 0 Å². The lowest BCUT2D eigenvalue weighted by Gasteiger charge is -2.23. The smallest absolute Gasteiger partial charge is 0.162 e. The van der Waals surface area contributed by atoms with E-state index in [9.17, 15) is 0 Å². The average molecular weight is 188 g/mol. The summed E-state index contributed by atoms with van der Waals surface area (Å²) in [6.07, 6.45) is 3.57. The molecule has 72 valence electrons. The first-order valence-electron chi connectivity index (χ1n) is 4.45. The van der Waals surface area contributed by atoms with Crippen LogP contribution in [0.5, 0.6) is 0 Å². The Morgan fingerprint density at radius 3 is 3.07 bits per heavy atom. The molecular weight excluding hydrogens is 176 g/mol. The second-order valence-corrected chi connectivity index (χ2v) is 3.30. The Kier molecular flexibility index (Phi) is 2.04. The molecule has 0 aromatic carbocycles. The summed E-state index contributed by atoms with van der Waals surface area (Å²) >= 11 is 0. The second kappa shape index (κ2) is 3.21. The summed E-state index contributed by atoms with van der Waals surface area (Å²) in [5.41, 5.74) is 1.06. The number of aromatic nitrogens is 2. The van der Waals surface area contributed by atoms with E-state index in [0.717, 1.165) is 29.6 Å². The molecule has 0 aliphatic carbocycles. The minimum absolute atomic E-state index is 0.750. The lowest BCUT2D eigenvalue weighted by Crippen LogP contribution is -2.27. The minimum Gasteiger partial charge on any atom is -0.355 e. The van der Waals surface area contributed by atoms with Gasteiger partial charge >= 0.3 is 0 Å². The van der Waals surface area contributed by atoms with Gasteiger partial charge in [-0.25, -0.2) is 15.0 Å². The van der Waals surface area contributed by atoms with Crippen LogP contribution >= 0.6 is 0 Å². The van der Waals surface area contributed by atoms with E-state index in [4.69, 9.17) is 0 Å². The summed E-state index contributed by atoms with van der Waals surface area (Å²) in [6, 6.07) is 0. The third-order valence-corrected chi connectivity index (χ3v) is 2.16. The maximum Gasteiger partial charge on any atom is 0.162 e. The Morgan fingerprint density at radius 1 is 1.57 bits per heavy atom. The molecule has 1 aromatic heterocycles. The van der Waals surface area contributed by atoms with Crippen LogP contribution in [0.25, 0.3) is 0 Å². The van der Waals surface area contributed by atoms with Crippen molar-refractivity contribution < 1.29 is 0 Å². The number of likely N-dealkylation sites (N-methyl/N-ethyl adjacent to an activating group) is 1. The van der Waals surface area contributed by atoms with E-state index >= 15 is 0 Å². The van der Waals surface area contributed by atoms with Crippen molar-refractivity contribution in [3.8, 4) is 0 Å². The van der Waals surface area contributed by atoms with Crippen LogP contribution in [-0.2, 0) is 6.54 Å². The topological polar surface area (TPSA) is 41.4 Å². The highest BCUT2D eigenvalue weighted by atomic mass is 15.2. The van der Waals surface area contributed by atoms with Gasteiger partial charge in [-0.2, -0.15) is 0 Å². The lowest BCUT2D eigenvalue weighted by molar-refractivity contribution is 0.493. The van der Waals surface area contributed by atoms with Crippen LogP contribution in [0, 0.1) is 6.92 Å². The van der Waals surface area contributed by atoms with E-state index in [0.29, 0.717) is 0 Å². The molecule has 0 unspecified atom stereocenters. The molecule has 1 aliphatic rings. The van der Waals surface area contributed by atoms with Crippen molar-refractivity contribution in [1.82, 2.24) is 14.9 Å². The maximum atomic E-state index is 4.38. The molecule has 2 heterocycles. The molecule has 0 spiro atoms. The Balaban J connectivity index is 2.51. The largest absolute Gasteiger partial charge is 0.355 e. The maximum absolute atomic E-state index is 4.38. The zero-order chi connectivity index (χ0) is 10.1. The fourth-order valence-electron chi connectivity index (χ4n) is 1.42. The Morgan fingerprint density at radius 2 is 2.36 bits per heavy atom. The molecule has 0 atom stereocenters. The number of aryl methyl sites for hydroxylation is 1. The summed E-state index contributed by atoms with van der Waals surface area (Å²) < 4.78 is 0. The first-order valence-corrected chi connectivity index (χ1v) is 4.45. The molecular formula is C10H12N4. The summed E-state index contributed by atoms with van der Waals surface area (Å²) in [5.74, 6) is 2.38. The Labute approximate surface area is 83.0 Å². The molecule has 0 N–H and O–H groups in total. The molecule has 4 nitrogen and oxygen atoms in total. The van der Waals surface area contributed by atoms with E-state index in [1.54, 1.807) is 6.08 Å². The number of hydrogen-bond acceptors (Lipinski definition) is 4.